The van der Waals surface area contributed by atoms with Crippen molar-refractivity contribution in [3.05, 3.63) is 34.9 Å². The Bertz CT molecular complexity index is 530. The lowest BCUT2D eigenvalue weighted by molar-refractivity contribution is -0.127. The Morgan fingerprint density at radius 1 is 1.23 bits per heavy atom. The summed E-state index contributed by atoms with van der Waals surface area (Å²) in [6.07, 6.45) is 2.32. The Labute approximate surface area is 136 Å². The van der Waals surface area contributed by atoms with Gasteiger partial charge in [-0.1, -0.05) is 30.7 Å². The van der Waals surface area contributed by atoms with Crippen molar-refractivity contribution in [1.29, 1.82) is 0 Å². The molecule has 1 aromatic carbocycles. The van der Waals surface area contributed by atoms with Gasteiger partial charge < -0.3 is 10.6 Å². The van der Waals surface area contributed by atoms with E-state index in [9.17, 15) is 9.59 Å². The van der Waals surface area contributed by atoms with E-state index in [1.165, 1.54) is 0 Å². The summed E-state index contributed by atoms with van der Waals surface area (Å²) in [6.45, 7) is 4.58. The highest BCUT2D eigenvalue weighted by Crippen LogP contribution is 2.38. The Hall–Kier alpha value is -1.55. The maximum atomic E-state index is 12.0. The predicted molar refractivity (Wildman–Crippen MR) is 87.7 cm³/mol. The zero-order valence-electron chi connectivity index (χ0n) is 13.1. The number of hydrogen-bond acceptors (Lipinski definition) is 2. The van der Waals surface area contributed by atoms with Crippen molar-refractivity contribution in [3.63, 3.8) is 0 Å². The summed E-state index contributed by atoms with van der Waals surface area (Å²) in [6, 6.07) is 7.76. The van der Waals surface area contributed by atoms with Crippen molar-refractivity contribution in [1.82, 2.24) is 10.6 Å². The average Bonchev–Trinajstić information content (AvgIpc) is 3.29. The fraction of sp³-hybridized carbons (Fsp3) is 0.529. The molecule has 0 aromatic heterocycles. The minimum Gasteiger partial charge on any atom is -0.356 e. The molecule has 2 N–H and O–H groups in total. The quantitative estimate of drug-likeness (QED) is 0.810. The Morgan fingerprint density at radius 2 is 1.86 bits per heavy atom. The molecule has 0 bridgehead atoms. The summed E-state index contributed by atoms with van der Waals surface area (Å²) in [4.78, 5) is 23.9. The summed E-state index contributed by atoms with van der Waals surface area (Å²) in [5.74, 6) is -0.315. The first-order valence-electron chi connectivity index (χ1n) is 7.83. The van der Waals surface area contributed by atoms with Crippen LogP contribution in [0.15, 0.2) is 24.3 Å². The van der Waals surface area contributed by atoms with Crippen LogP contribution in [0.1, 0.15) is 32.3 Å². The summed E-state index contributed by atoms with van der Waals surface area (Å²) in [5.41, 5.74) is 1.13. The third-order valence-corrected chi connectivity index (χ3v) is 4.34. The minimum atomic E-state index is -0.158. The smallest absolute Gasteiger partial charge is 0.224 e. The summed E-state index contributed by atoms with van der Waals surface area (Å²) >= 11 is 5.83. The molecular formula is C17H23ClN2O2. The fourth-order valence-corrected chi connectivity index (χ4v) is 2.46. The molecule has 3 unspecified atom stereocenters. The van der Waals surface area contributed by atoms with E-state index in [1.807, 2.05) is 38.1 Å². The molecule has 0 aliphatic heterocycles. The van der Waals surface area contributed by atoms with Crippen molar-refractivity contribution in [2.45, 2.75) is 39.2 Å². The molecule has 1 fully saturated rings. The molecule has 0 saturated heterocycles. The number of carbonyl (C=O) groups excluding carboxylic acids is 2. The van der Waals surface area contributed by atoms with Crippen LogP contribution in [0.5, 0.6) is 0 Å². The van der Waals surface area contributed by atoms with E-state index in [0.717, 1.165) is 18.4 Å². The molecule has 0 heterocycles. The first kappa shape index (κ1) is 16.8. The molecule has 22 heavy (non-hydrogen) atoms. The topological polar surface area (TPSA) is 58.2 Å². The second-order valence-corrected chi connectivity index (χ2v) is 6.37. The first-order chi connectivity index (χ1) is 10.5. The van der Waals surface area contributed by atoms with E-state index >= 15 is 0 Å². The van der Waals surface area contributed by atoms with Gasteiger partial charge in [-0.3, -0.25) is 9.59 Å². The number of hydrogen-bond donors (Lipinski definition) is 2. The molecule has 1 aliphatic carbocycles. The van der Waals surface area contributed by atoms with Crippen molar-refractivity contribution < 1.29 is 9.59 Å². The highest BCUT2D eigenvalue weighted by atomic mass is 35.5. The van der Waals surface area contributed by atoms with E-state index in [2.05, 4.69) is 10.6 Å². The van der Waals surface area contributed by atoms with Crippen molar-refractivity contribution >= 4 is 23.4 Å². The largest absolute Gasteiger partial charge is 0.356 e. The minimum absolute atomic E-state index is 0.00667. The van der Waals surface area contributed by atoms with Crippen LogP contribution in [-0.2, 0) is 16.0 Å². The van der Waals surface area contributed by atoms with Crippen LogP contribution in [0, 0.1) is 11.8 Å². The summed E-state index contributed by atoms with van der Waals surface area (Å²) in [7, 11) is 0. The third kappa shape index (κ3) is 4.73. The SMILES string of the molecule is CCC(C)NC(=O)C1CC1C(=O)NCCc1ccc(Cl)cc1. The van der Waals surface area contributed by atoms with Crippen molar-refractivity contribution in [3.8, 4) is 0 Å². The number of benzene rings is 1. The zero-order chi connectivity index (χ0) is 16.1. The van der Waals surface area contributed by atoms with Crippen molar-refractivity contribution in [2.75, 3.05) is 6.54 Å². The Balaban J connectivity index is 1.68. The lowest BCUT2D eigenvalue weighted by Gasteiger charge is -2.11. The van der Waals surface area contributed by atoms with Gasteiger partial charge in [0.15, 0.2) is 0 Å². The maximum absolute atomic E-state index is 12.0. The van der Waals surface area contributed by atoms with Crippen LogP contribution in [0.25, 0.3) is 0 Å². The number of carbonyl (C=O) groups is 2. The van der Waals surface area contributed by atoms with Crippen LogP contribution in [0.4, 0.5) is 0 Å². The van der Waals surface area contributed by atoms with Gasteiger partial charge in [0, 0.05) is 17.6 Å². The van der Waals surface area contributed by atoms with Gasteiger partial charge in [-0.05, 0) is 43.9 Å². The van der Waals surface area contributed by atoms with Crippen LogP contribution in [0.3, 0.4) is 0 Å². The maximum Gasteiger partial charge on any atom is 0.224 e. The Morgan fingerprint density at radius 3 is 2.50 bits per heavy atom. The van der Waals surface area contributed by atoms with E-state index in [-0.39, 0.29) is 29.7 Å². The standard InChI is InChI=1S/C17H23ClN2O2/c1-3-11(2)20-17(22)15-10-14(15)16(21)19-9-8-12-4-6-13(18)7-5-12/h4-7,11,14-15H,3,8-10H2,1-2H3,(H,19,21)(H,20,22). The molecule has 3 atom stereocenters. The van der Waals surface area contributed by atoms with Gasteiger partial charge in [0.1, 0.15) is 0 Å². The van der Waals surface area contributed by atoms with Gasteiger partial charge in [0.05, 0.1) is 11.8 Å². The lowest BCUT2D eigenvalue weighted by atomic mass is 10.1. The Kier molecular flexibility index (Phi) is 5.83. The zero-order valence-corrected chi connectivity index (χ0v) is 13.8. The molecule has 120 valence electrons. The molecule has 4 nitrogen and oxygen atoms in total. The van der Waals surface area contributed by atoms with Gasteiger partial charge in [-0.15, -0.1) is 0 Å². The van der Waals surface area contributed by atoms with Crippen molar-refractivity contribution in [2.24, 2.45) is 11.8 Å². The molecule has 2 amide bonds. The van der Waals surface area contributed by atoms with Crippen LogP contribution < -0.4 is 10.6 Å². The molecule has 1 aromatic rings. The van der Waals surface area contributed by atoms with E-state index in [1.54, 1.807) is 0 Å². The van der Waals surface area contributed by atoms with E-state index in [0.29, 0.717) is 18.0 Å². The highest BCUT2D eigenvalue weighted by molar-refractivity contribution is 6.30. The summed E-state index contributed by atoms with van der Waals surface area (Å²) < 4.78 is 0. The summed E-state index contributed by atoms with van der Waals surface area (Å²) in [5, 5.41) is 6.55. The number of nitrogens with one attached hydrogen (secondary N) is 2. The second-order valence-electron chi connectivity index (χ2n) is 5.93. The molecule has 5 heteroatoms. The molecule has 2 rings (SSSR count). The first-order valence-corrected chi connectivity index (χ1v) is 8.21. The average molecular weight is 323 g/mol. The fourth-order valence-electron chi connectivity index (χ4n) is 2.34. The predicted octanol–water partition coefficient (Wildman–Crippen LogP) is 2.55. The molecular weight excluding hydrogens is 300 g/mol. The van der Waals surface area contributed by atoms with E-state index < -0.39 is 0 Å². The van der Waals surface area contributed by atoms with Gasteiger partial charge in [0.2, 0.25) is 11.8 Å². The van der Waals surface area contributed by atoms with Gasteiger partial charge >= 0.3 is 0 Å². The van der Waals surface area contributed by atoms with Gasteiger partial charge in [-0.25, -0.2) is 0 Å². The lowest BCUT2D eigenvalue weighted by Crippen LogP contribution is -2.35. The van der Waals surface area contributed by atoms with Crippen LogP contribution in [0.2, 0.25) is 5.02 Å². The number of halogens is 1. The molecule has 0 radical (unpaired) electrons. The van der Waals surface area contributed by atoms with Crippen LogP contribution >= 0.6 is 11.6 Å². The van der Waals surface area contributed by atoms with Gasteiger partial charge in [0.25, 0.3) is 0 Å². The molecule has 1 saturated carbocycles. The van der Waals surface area contributed by atoms with Gasteiger partial charge in [-0.2, -0.15) is 0 Å². The third-order valence-electron chi connectivity index (χ3n) is 4.09. The second kappa shape index (κ2) is 7.63. The highest BCUT2D eigenvalue weighted by Gasteiger charge is 2.47. The number of rotatable bonds is 7. The van der Waals surface area contributed by atoms with E-state index in [4.69, 9.17) is 11.6 Å². The molecule has 1 aliphatic rings. The number of amides is 2. The molecule has 0 spiro atoms. The van der Waals surface area contributed by atoms with Crippen LogP contribution in [-0.4, -0.2) is 24.4 Å². The normalized spacial score (nSPS) is 21.0. The monoisotopic (exact) mass is 322 g/mol.